The summed E-state index contributed by atoms with van der Waals surface area (Å²) in [5.74, 6) is 0.317. The number of carbonyl (C=O) groups excluding carboxylic acids is 1. The Morgan fingerprint density at radius 1 is 0.862 bits per heavy atom. The first kappa shape index (κ1) is 18.7. The van der Waals surface area contributed by atoms with Gasteiger partial charge in [0.05, 0.1) is 6.61 Å². The fourth-order valence-electron chi connectivity index (χ4n) is 3.33. The molecule has 0 unspecified atom stereocenters. The minimum atomic E-state index is -0.387. The number of hydrogen-bond acceptors (Lipinski definition) is 3. The largest absolute Gasteiger partial charge is 0.461 e. The van der Waals surface area contributed by atoms with Gasteiger partial charge in [0, 0.05) is 16.8 Å². The quantitative estimate of drug-likeness (QED) is 0.416. The summed E-state index contributed by atoms with van der Waals surface area (Å²) in [7, 11) is 0. The molecule has 0 saturated carbocycles. The topological polar surface area (TPSA) is 44.1 Å². The number of imidazole rings is 1. The van der Waals surface area contributed by atoms with Crippen molar-refractivity contribution in [1.82, 2.24) is 9.55 Å². The third kappa shape index (κ3) is 3.69. The number of aromatic nitrogens is 2. The number of esters is 1. The molecule has 0 saturated heterocycles. The highest BCUT2D eigenvalue weighted by atomic mass is 16.5. The van der Waals surface area contributed by atoms with E-state index in [2.05, 4.69) is 0 Å². The van der Waals surface area contributed by atoms with Gasteiger partial charge < -0.3 is 4.74 Å². The Hall–Kier alpha value is -3.66. The molecule has 0 amide bonds. The van der Waals surface area contributed by atoms with Crippen molar-refractivity contribution in [3.05, 3.63) is 96.2 Å². The van der Waals surface area contributed by atoms with Gasteiger partial charge in [0.2, 0.25) is 0 Å². The average Bonchev–Trinajstić information content (AvgIpc) is 3.16. The van der Waals surface area contributed by atoms with Crippen molar-refractivity contribution in [1.29, 1.82) is 0 Å². The number of hydrogen-bond donors (Lipinski definition) is 0. The number of benzene rings is 3. The smallest absolute Gasteiger partial charge is 0.357 e. The lowest BCUT2D eigenvalue weighted by Gasteiger charge is -2.12. The number of carbonyl (C=O) groups is 1. The highest BCUT2D eigenvalue weighted by Gasteiger charge is 2.26. The minimum Gasteiger partial charge on any atom is -0.461 e. The summed E-state index contributed by atoms with van der Waals surface area (Å²) >= 11 is 0. The van der Waals surface area contributed by atoms with E-state index in [0.717, 1.165) is 22.4 Å². The maximum Gasteiger partial charge on any atom is 0.357 e. The predicted molar refractivity (Wildman–Crippen MR) is 115 cm³/mol. The van der Waals surface area contributed by atoms with Gasteiger partial charge >= 0.3 is 5.97 Å². The molecule has 0 aliphatic heterocycles. The zero-order valence-corrected chi connectivity index (χ0v) is 16.5. The van der Waals surface area contributed by atoms with Crippen LogP contribution in [0.2, 0.25) is 0 Å². The molecule has 4 heteroatoms. The van der Waals surface area contributed by atoms with Gasteiger partial charge in [-0.3, -0.25) is 4.57 Å². The van der Waals surface area contributed by atoms with E-state index in [1.165, 1.54) is 0 Å². The van der Waals surface area contributed by atoms with E-state index in [9.17, 15) is 4.79 Å². The lowest BCUT2D eigenvalue weighted by atomic mass is 10.1. The number of para-hydroxylation sites is 1. The monoisotopic (exact) mass is 382 g/mol. The lowest BCUT2D eigenvalue weighted by Crippen LogP contribution is -2.13. The van der Waals surface area contributed by atoms with Crippen molar-refractivity contribution in [3.63, 3.8) is 0 Å². The number of aryl methyl sites for hydroxylation is 1. The third-order valence-corrected chi connectivity index (χ3v) is 4.72. The first-order chi connectivity index (χ1) is 14.2. The Morgan fingerprint density at radius 2 is 1.48 bits per heavy atom. The second kappa shape index (κ2) is 8.15. The zero-order valence-electron chi connectivity index (χ0n) is 16.5. The average molecular weight is 382 g/mol. The van der Waals surface area contributed by atoms with Gasteiger partial charge in [0.1, 0.15) is 11.5 Å². The fourth-order valence-corrected chi connectivity index (χ4v) is 3.33. The fraction of sp³-hybridized carbons (Fsp3) is 0.120. The number of rotatable bonds is 5. The molecule has 29 heavy (non-hydrogen) atoms. The van der Waals surface area contributed by atoms with E-state index < -0.39 is 0 Å². The molecule has 0 aliphatic rings. The van der Waals surface area contributed by atoms with Crippen LogP contribution in [0.5, 0.6) is 0 Å². The van der Waals surface area contributed by atoms with E-state index in [0.29, 0.717) is 23.8 Å². The zero-order chi connectivity index (χ0) is 20.2. The van der Waals surface area contributed by atoms with Gasteiger partial charge in [0.25, 0.3) is 0 Å². The molecular formula is C25H22N2O2. The van der Waals surface area contributed by atoms with Crippen molar-refractivity contribution in [3.8, 4) is 28.3 Å². The van der Waals surface area contributed by atoms with Gasteiger partial charge in [-0.2, -0.15) is 0 Å². The molecule has 0 N–H and O–H groups in total. The molecule has 4 rings (SSSR count). The van der Waals surface area contributed by atoms with Crippen molar-refractivity contribution >= 4 is 5.97 Å². The summed E-state index contributed by atoms with van der Waals surface area (Å²) in [6, 6.07) is 27.7. The SMILES string of the molecule is CCOC(=O)c1c(-c2ccc(C)cc2)nc(-c2ccccc2)n1-c1ccccc1. The summed E-state index contributed by atoms with van der Waals surface area (Å²) in [4.78, 5) is 18.0. The summed E-state index contributed by atoms with van der Waals surface area (Å²) in [5.41, 5.74) is 4.87. The maximum atomic E-state index is 13.1. The van der Waals surface area contributed by atoms with Crippen LogP contribution in [0.25, 0.3) is 28.3 Å². The van der Waals surface area contributed by atoms with E-state index in [-0.39, 0.29) is 5.97 Å². The van der Waals surface area contributed by atoms with Crippen molar-refractivity contribution in [2.75, 3.05) is 6.61 Å². The molecule has 0 spiro atoms. The summed E-state index contributed by atoms with van der Waals surface area (Å²) in [6.45, 7) is 4.14. The molecule has 0 atom stereocenters. The van der Waals surface area contributed by atoms with Gasteiger partial charge in [-0.25, -0.2) is 9.78 Å². The molecular weight excluding hydrogens is 360 g/mol. The molecule has 0 bridgehead atoms. The van der Waals surface area contributed by atoms with Crippen LogP contribution >= 0.6 is 0 Å². The number of nitrogens with zero attached hydrogens (tertiary/aromatic N) is 2. The van der Waals surface area contributed by atoms with Crippen LogP contribution in [-0.2, 0) is 4.74 Å². The van der Waals surface area contributed by atoms with E-state index in [1.54, 1.807) is 0 Å². The van der Waals surface area contributed by atoms with Crippen molar-refractivity contribution < 1.29 is 9.53 Å². The molecule has 0 radical (unpaired) electrons. The Balaban J connectivity index is 2.04. The van der Waals surface area contributed by atoms with Crippen LogP contribution in [0.3, 0.4) is 0 Å². The van der Waals surface area contributed by atoms with Crippen LogP contribution in [0.4, 0.5) is 0 Å². The predicted octanol–water partition coefficient (Wildman–Crippen LogP) is 5.69. The Kier molecular flexibility index (Phi) is 5.25. The first-order valence-electron chi connectivity index (χ1n) is 9.66. The molecule has 4 aromatic rings. The maximum absolute atomic E-state index is 13.1. The lowest BCUT2D eigenvalue weighted by molar-refractivity contribution is 0.0518. The Labute approximate surface area is 170 Å². The summed E-state index contributed by atoms with van der Waals surface area (Å²) in [6.07, 6.45) is 0. The minimum absolute atomic E-state index is 0.298. The highest BCUT2D eigenvalue weighted by Crippen LogP contribution is 2.33. The Morgan fingerprint density at radius 3 is 2.10 bits per heavy atom. The van der Waals surface area contributed by atoms with Gasteiger partial charge in [-0.1, -0.05) is 78.4 Å². The Bertz CT molecular complexity index is 1110. The van der Waals surface area contributed by atoms with Crippen LogP contribution in [-0.4, -0.2) is 22.1 Å². The molecule has 0 fully saturated rings. The molecule has 144 valence electrons. The highest BCUT2D eigenvalue weighted by molar-refractivity contribution is 5.97. The molecule has 1 heterocycles. The second-order valence-corrected chi connectivity index (χ2v) is 6.76. The van der Waals surface area contributed by atoms with Gasteiger partial charge in [-0.15, -0.1) is 0 Å². The van der Waals surface area contributed by atoms with Gasteiger partial charge in [-0.05, 0) is 26.0 Å². The van der Waals surface area contributed by atoms with Crippen LogP contribution in [0.15, 0.2) is 84.9 Å². The van der Waals surface area contributed by atoms with E-state index in [1.807, 2.05) is 103 Å². The van der Waals surface area contributed by atoms with Crippen molar-refractivity contribution in [2.24, 2.45) is 0 Å². The molecule has 4 nitrogen and oxygen atoms in total. The van der Waals surface area contributed by atoms with Crippen LogP contribution in [0, 0.1) is 6.92 Å². The van der Waals surface area contributed by atoms with E-state index >= 15 is 0 Å². The van der Waals surface area contributed by atoms with Crippen LogP contribution < -0.4 is 0 Å². The first-order valence-corrected chi connectivity index (χ1v) is 9.66. The number of ether oxygens (including phenoxy) is 1. The summed E-state index contributed by atoms with van der Waals surface area (Å²) < 4.78 is 7.32. The van der Waals surface area contributed by atoms with E-state index in [4.69, 9.17) is 9.72 Å². The standard InChI is InChI=1S/C25H22N2O2/c1-3-29-25(28)23-22(19-16-14-18(2)15-17-19)26-24(20-10-6-4-7-11-20)27(23)21-12-8-5-9-13-21/h4-17H,3H2,1-2H3. The van der Waals surface area contributed by atoms with Crippen molar-refractivity contribution in [2.45, 2.75) is 13.8 Å². The van der Waals surface area contributed by atoms with Gasteiger partial charge in [0.15, 0.2) is 5.69 Å². The normalized spacial score (nSPS) is 10.7. The molecule has 1 aromatic heterocycles. The molecule has 3 aromatic carbocycles. The second-order valence-electron chi connectivity index (χ2n) is 6.76. The summed E-state index contributed by atoms with van der Waals surface area (Å²) in [5, 5.41) is 0. The molecule has 0 aliphatic carbocycles. The third-order valence-electron chi connectivity index (χ3n) is 4.72. The van der Waals surface area contributed by atoms with Crippen LogP contribution in [0.1, 0.15) is 23.0 Å².